The van der Waals surface area contributed by atoms with Gasteiger partial charge in [-0.15, -0.1) is 0 Å². The maximum absolute atomic E-state index is 12.2. The number of hydrogen-bond donors (Lipinski definition) is 1. The molecule has 7 nitrogen and oxygen atoms in total. The van der Waals surface area contributed by atoms with Crippen molar-refractivity contribution in [2.75, 3.05) is 0 Å². The van der Waals surface area contributed by atoms with Gasteiger partial charge >= 0.3 is 5.97 Å². The van der Waals surface area contributed by atoms with E-state index in [-0.39, 0.29) is 27.7 Å². The summed E-state index contributed by atoms with van der Waals surface area (Å²) < 4.78 is 5.43. The predicted octanol–water partition coefficient (Wildman–Crippen LogP) is 3.74. The van der Waals surface area contributed by atoms with E-state index in [2.05, 4.69) is 21.2 Å². The molecule has 0 radical (unpaired) electrons. The normalized spacial score (nSPS) is 16.6. The quantitative estimate of drug-likeness (QED) is 0.343. The van der Waals surface area contributed by atoms with E-state index in [0.717, 1.165) is 31.7 Å². The van der Waals surface area contributed by atoms with Gasteiger partial charge in [0.05, 0.1) is 15.0 Å². The maximum atomic E-state index is 12.2. The Morgan fingerprint density at radius 1 is 1.28 bits per heavy atom. The smallest absolute Gasteiger partial charge is 0.339 e. The molecule has 2 rings (SSSR count). The number of nitrogens with one attached hydrogen (secondary N) is 1. The van der Waals surface area contributed by atoms with Crippen LogP contribution in [0.3, 0.4) is 0 Å². The second kappa shape index (κ2) is 8.94. The van der Waals surface area contributed by atoms with Crippen LogP contribution >= 0.6 is 15.9 Å². The third-order valence-corrected chi connectivity index (χ3v) is 4.90. The van der Waals surface area contributed by atoms with Crippen LogP contribution in [0, 0.1) is 10.1 Å². The third-order valence-electron chi connectivity index (χ3n) is 4.23. The lowest BCUT2D eigenvalue weighted by Gasteiger charge is -2.19. The van der Waals surface area contributed by atoms with Gasteiger partial charge in [-0.1, -0.05) is 25.7 Å². The van der Waals surface area contributed by atoms with Gasteiger partial charge < -0.3 is 10.1 Å². The Kier molecular flexibility index (Phi) is 6.92. The van der Waals surface area contributed by atoms with Crippen LogP contribution in [-0.4, -0.2) is 28.9 Å². The second-order valence-corrected chi connectivity index (χ2v) is 7.02. The molecule has 0 aromatic heterocycles. The Morgan fingerprint density at radius 2 is 1.92 bits per heavy atom. The minimum atomic E-state index is -0.960. The summed E-state index contributed by atoms with van der Waals surface area (Å²) in [7, 11) is 0. The Hall–Kier alpha value is -1.96. The minimum Gasteiger partial charge on any atom is -0.449 e. The largest absolute Gasteiger partial charge is 0.449 e. The van der Waals surface area contributed by atoms with Crippen LogP contribution in [0.2, 0.25) is 0 Å². The molecule has 1 N–H and O–H groups in total. The van der Waals surface area contributed by atoms with Crippen molar-refractivity contribution in [1.29, 1.82) is 0 Å². The SMILES string of the molecule is C[C@@H](OC(=O)c1ccc(Br)c([N+](=O)[O-])c1)C(=O)NC1CCCCCC1. The van der Waals surface area contributed by atoms with Crippen molar-refractivity contribution in [2.24, 2.45) is 0 Å². The summed E-state index contributed by atoms with van der Waals surface area (Å²) in [5.41, 5.74) is -0.200. The number of benzene rings is 1. The molecular weight excluding hydrogens is 392 g/mol. The highest BCUT2D eigenvalue weighted by atomic mass is 79.9. The summed E-state index contributed by atoms with van der Waals surface area (Å²) in [6, 6.07) is 4.06. The van der Waals surface area contributed by atoms with Crippen LogP contribution < -0.4 is 5.32 Å². The van der Waals surface area contributed by atoms with Gasteiger partial charge in [-0.2, -0.15) is 0 Å². The molecule has 0 unspecified atom stereocenters. The van der Waals surface area contributed by atoms with Gasteiger partial charge in [0.25, 0.3) is 11.6 Å². The van der Waals surface area contributed by atoms with E-state index in [9.17, 15) is 19.7 Å². The van der Waals surface area contributed by atoms with Gasteiger partial charge in [0.2, 0.25) is 0 Å². The van der Waals surface area contributed by atoms with Crippen LogP contribution in [0.15, 0.2) is 22.7 Å². The molecule has 1 saturated carbocycles. The van der Waals surface area contributed by atoms with Gasteiger partial charge in [0.15, 0.2) is 6.10 Å². The number of nitro groups is 1. The monoisotopic (exact) mass is 412 g/mol. The van der Waals surface area contributed by atoms with E-state index in [1.165, 1.54) is 31.9 Å². The lowest BCUT2D eigenvalue weighted by Crippen LogP contribution is -2.41. The average molecular weight is 413 g/mol. The summed E-state index contributed by atoms with van der Waals surface area (Å²) in [5, 5.41) is 13.9. The molecule has 0 saturated heterocycles. The maximum Gasteiger partial charge on any atom is 0.339 e. The number of nitrogens with zero attached hydrogens (tertiary/aromatic N) is 1. The fraction of sp³-hybridized carbons (Fsp3) is 0.529. The first-order valence-electron chi connectivity index (χ1n) is 8.34. The first-order chi connectivity index (χ1) is 11.9. The molecule has 136 valence electrons. The molecule has 0 bridgehead atoms. The third kappa shape index (κ3) is 5.52. The van der Waals surface area contributed by atoms with E-state index in [0.29, 0.717) is 0 Å². The number of carbonyl (C=O) groups is 2. The summed E-state index contributed by atoms with van der Waals surface area (Å²) >= 11 is 3.06. The topological polar surface area (TPSA) is 98.5 Å². The number of amides is 1. The number of esters is 1. The van der Waals surface area contributed by atoms with E-state index in [1.807, 2.05) is 0 Å². The Bertz CT molecular complexity index is 656. The summed E-state index contributed by atoms with van der Waals surface area (Å²) in [5.74, 6) is -1.11. The van der Waals surface area contributed by atoms with Crippen molar-refractivity contribution in [2.45, 2.75) is 57.6 Å². The fourth-order valence-electron chi connectivity index (χ4n) is 2.80. The number of carbonyl (C=O) groups excluding carboxylic acids is 2. The molecule has 1 fully saturated rings. The molecule has 1 amide bonds. The molecule has 1 aliphatic rings. The van der Waals surface area contributed by atoms with Crippen LogP contribution in [-0.2, 0) is 9.53 Å². The molecule has 0 spiro atoms. The summed E-state index contributed by atoms with van der Waals surface area (Å²) in [4.78, 5) is 34.7. The molecule has 8 heteroatoms. The first-order valence-corrected chi connectivity index (χ1v) is 9.13. The van der Waals surface area contributed by atoms with Crippen molar-refractivity contribution in [3.8, 4) is 0 Å². The highest BCUT2D eigenvalue weighted by molar-refractivity contribution is 9.10. The van der Waals surface area contributed by atoms with Gasteiger partial charge in [0.1, 0.15) is 0 Å². The zero-order valence-corrected chi connectivity index (χ0v) is 15.6. The van der Waals surface area contributed by atoms with Gasteiger partial charge in [-0.3, -0.25) is 14.9 Å². The van der Waals surface area contributed by atoms with Gasteiger partial charge in [-0.05, 0) is 47.8 Å². The number of hydrogen-bond acceptors (Lipinski definition) is 5. The minimum absolute atomic E-state index is 0.0315. The Morgan fingerprint density at radius 3 is 2.52 bits per heavy atom. The molecule has 25 heavy (non-hydrogen) atoms. The van der Waals surface area contributed by atoms with Crippen LogP contribution in [0.25, 0.3) is 0 Å². The van der Waals surface area contributed by atoms with Crippen molar-refractivity contribution in [3.63, 3.8) is 0 Å². The van der Waals surface area contributed by atoms with Crippen molar-refractivity contribution < 1.29 is 19.2 Å². The van der Waals surface area contributed by atoms with E-state index in [1.54, 1.807) is 0 Å². The van der Waals surface area contributed by atoms with Crippen molar-refractivity contribution >= 4 is 33.5 Å². The zero-order valence-electron chi connectivity index (χ0n) is 14.0. The Labute approximate surface area is 154 Å². The van der Waals surface area contributed by atoms with E-state index in [4.69, 9.17) is 4.74 Å². The Balaban J connectivity index is 1.96. The molecule has 1 aromatic rings. The number of rotatable bonds is 5. The van der Waals surface area contributed by atoms with Crippen molar-refractivity contribution in [3.05, 3.63) is 38.3 Å². The average Bonchev–Trinajstić information content (AvgIpc) is 2.83. The molecule has 0 aliphatic heterocycles. The molecule has 1 aliphatic carbocycles. The van der Waals surface area contributed by atoms with Crippen molar-refractivity contribution in [1.82, 2.24) is 5.32 Å². The van der Waals surface area contributed by atoms with Crippen LogP contribution in [0.1, 0.15) is 55.8 Å². The van der Waals surface area contributed by atoms with E-state index < -0.39 is 17.0 Å². The lowest BCUT2D eigenvalue weighted by molar-refractivity contribution is -0.385. The predicted molar refractivity (Wildman–Crippen MR) is 95.3 cm³/mol. The van der Waals surface area contributed by atoms with E-state index >= 15 is 0 Å². The lowest BCUT2D eigenvalue weighted by atomic mass is 10.1. The second-order valence-electron chi connectivity index (χ2n) is 6.17. The number of halogens is 1. The number of nitro benzene ring substituents is 1. The summed E-state index contributed by atoms with van der Waals surface area (Å²) in [6.45, 7) is 1.50. The van der Waals surface area contributed by atoms with Crippen LogP contribution in [0.5, 0.6) is 0 Å². The molecule has 1 aromatic carbocycles. The highest BCUT2D eigenvalue weighted by Gasteiger charge is 2.24. The molecule has 0 heterocycles. The van der Waals surface area contributed by atoms with Gasteiger partial charge in [0, 0.05) is 12.1 Å². The fourth-order valence-corrected chi connectivity index (χ4v) is 3.20. The first kappa shape index (κ1) is 19.4. The number of ether oxygens (including phenoxy) is 1. The van der Waals surface area contributed by atoms with Crippen LogP contribution in [0.4, 0.5) is 5.69 Å². The zero-order chi connectivity index (χ0) is 18.4. The molecule has 1 atom stereocenters. The van der Waals surface area contributed by atoms with Gasteiger partial charge in [-0.25, -0.2) is 4.79 Å². The summed E-state index contributed by atoms with van der Waals surface area (Å²) in [6.07, 6.45) is 5.44. The highest BCUT2D eigenvalue weighted by Crippen LogP contribution is 2.26. The standard InChI is InChI=1S/C17H21BrN2O5/c1-11(16(21)19-13-6-4-2-3-5-7-13)25-17(22)12-8-9-14(18)15(10-12)20(23)24/h8-11,13H,2-7H2,1H3,(H,19,21)/t11-/m1/s1. The molecular formula is C17H21BrN2O5.